The molecule has 6 nitrogen and oxygen atoms in total. The second-order valence-corrected chi connectivity index (χ2v) is 8.20. The second kappa shape index (κ2) is 9.49. The van der Waals surface area contributed by atoms with Crippen LogP contribution in [0.25, 0.3) is 11.0 Å². The number of anilines is 2. The van der Waals surface area contributed by atoms with E-state index < -0.39 is 0 Å². The Kier molecular flexibility index (Phi) is 6.55. The van der Waals surface area contributed by atoms with Gasteiger partial charge < -0.3 is 20.0 Å². The zero-order chi connectivity index (χ0) is 20.9. The van der Waals surface area contributed by atoms with Gasteiger partial charge in [0.1, 0.15) is 17.1 Å². The zero-order valence-corrected chi connectivity index (χ0v) is 18.0. The topological polar surface area (TPSA) is 70.4 Å². The maximum absolute atomic E-state index is 12.7. The highest BCUT2D eigenvalue weighted by Crippen LogP contribution is 2.28. The van der Waals surface area contributed by atoms with Gasteiger partial charge in [-0.05, 0) is 69.6 Å². The van der Waals surface area contributed by atoms with Crippen molar-refractivity contribution in [3.8, 4) is 0 Å². The Morgan fingerprint density at radius 1 is 1.20 bits per heavy atom. The Hall–Kier alpha value is -2.57. The number of furan rings is 1. The molecule has 7 heteroatoms. The molecular weight excluding hydrogens is 400 g/mol. The van der Waals surface area contributed by atoms with Crippen LogP contribution in [0.15, 0.2) is 41.0 Å². The fourth-order valence-corrected chi connectivity index (χ4v) is 3.94. The van der Waals surface area contributed by atoms with Crippen LogP contribution in [0.4, 0.5) is 11.5 Å². The summed E-state index contributed by atoms with van der Waals surface area (Å²) in [5, 5.41) is 7.73. The number of aromatic nitrogens is 1. The molecule has 1 saturated heterocycles. The number of rotatable bonds is 7. The molecule has 1 fully saturated rings. The lowest BCUT2D eigenvalue weighted by Crippen LogP contribution is -2.33. The van der Waals surface area contributed by atoms with E-state index in [1.165, 1.54) is 32.4 Å². The molecule has 0 spiro atoms. The number of aryl methyl sites for hydroxylation is 1. The summed E-state index contributed by atoms with van der Waals surface area (Å²) in [6.45, 7) is 5.94. The maximum Gasteiger partial charge on any atom is 0.270 e. The molecule has 1 aliphatic rings. The van der Waals surface area contributed by atoms with Gasteiger partial charge in [-0.25, -0.2) is 4.98 Å². The molecule has 3 heterocycles. The summed E-state index contributed by atoms with van der Waals surface area (Å²) in [4.78, 5) is 19.7. The Morgan fingerprint density at radius 3 is 2.83 bits per heavy atom. The summed E-state index contributed by atoms with van der Waals surface area (Å²) in [6.07, 6.45) is 6.42. The van der Waals surface area contributed by atoms with E-state index in [-0.39, 0.29) is 5.91 Å². The minimum atomic E-state index is -0.197. The number of halogens is 1. The minimum Gasteiger partial charge on any atom is -0.464 e. The van der Waals surface area contributed by atoms with Crippen molar-refractivity contribution in [2.75, 3.05) is 31.5 Å². The van der Waals surface area contributed by atoms with E-state index in [1.54, 1.807) is 12.3 Å². The smallest absolute Gasteiger partial charge is 0.270 e. The van der Waals surface area contributed by atoms with Gasteiger partial charge in [0, 0.05) is 23.3 Å². The van der Waals surface area contributed by atoms with Crippen LogP contribution in [-0.2, 0) is 0 Å². The molecule has 3 aromatic rings. The van der Waals surface area contributed by atoms with Crippen LogP contribution in [0.2, 0.25) is 5.02 Å². The van der Waals surface area contributed by atoms with Crippen molar-refractivity contribution >= 4 is 40.0 Å². The van der Waals surface area contributed by atoms with Crippen molar-refractivity contribution < 1.29 is 9.21 Å². The van der Waals surface area contributed by atoms with Crippen LogP contribution < -0.4 is 10.6 Å². The number of amides is 1. The number of nitrogens with one attached hydrogen (secondary N) is 2. The number of likely N-dealkylation sites (tertiary alicyclic amines) is 1. The second-order valence-electron chi connectivity index (χ2n) is 7.79. The number of fused-ring (bicyclic) bond motifs is 1. The van der Waals surface area contributed by atoms with E-state index in [9.17, 15) is 4.79 Å². The largest absolute Gasteiger partial charge is 0.464 e. The van der Waals surface area contributed by atoms with Gasteiger partial charge in [0.2, 0.25) is 0 Å². The lowest BCUT2D eigenvalue weighted by molar-refractivity contribution is 0.0946. The maximum atomic E-state index is 12.7. The highest BCUT2D eigenvalue weighted by molar-refractivity contribution is 6.31. The third kappa shape index (κ3) is 4.94. The number of carbonyl (C=O) groups excluding carboxylic acids is 1. The van der Waals surface area contributed by atoms with Gasteiger partial charge in [-0.1, -0.05) is 24.1 Å². The molecule has 1 aromatic carbocycles. The van der Waals surface area contributed by atoms with Crippen LogP contribution in [0.1, 0.15) is 41.7 Å². The molecule has 4 rings (SSSR count). The van der Waals surface area contributed by atoms with E-state index in [0.29, 0.717) is 28.7 Å². The number of piperidine rings is 1. The fourth-order valence-electron chi connectivity index (χ4n) is 3.76. The number of nitrogens with zero attached hydrogens (tertiary/aromatic N) is 2. The fraction of sp³-hybridized carbons (Fsp3) is 0.391. The van der Waals surface area contributed by atoms with Crippen molar-refractivity contribution in [2.45, 2.75) is 32.6 Å². The van der Waals surface area contributed by atoms with Crippen LogP contribution in [0, 0.1) is 6.92 Å². The number of pyridine rings is 1. The van der Waals surface area contributed by atoms with Gasteiger partial charge >= 0.3 is 0 Å². The van der Waals surface area contributed by atoms with E-state index in [4.69, 9.17) is 16.0 Å². The number of hydrogen-bond acceptors (Lipinski definition) is 5. The predicted octanol–water partition coefficient (Wildman–Crippen LogP) is 5.14. The Labute approximate surface area is 181 Å². The third-order valence-corrected chi connectivity index (χ3v) is 5.91. The number of benzene rings is 1. The molecule has 30 heavy (non-hydrogen) atoms. The average Bonchev–Trinajstić information content (AvgIpc) is 3.23. The van der Waals surface area contributed by atoms with E-state index >= 15 is 0 Å². The first-order valence-corrected chi connectivity index (χ1v) is 10.9. The van der Waals surface area contributed by atoms with Gasteiger partial charge in [-0.3, -0.25) is 4.79 Å². The zero-order valence-electron chi connectivity index (χ0n) is 17.2. The standard InChI is InChI=1S/C23H27ClN4O2/c1-16-6-7-17(14-19(16)24)26-22-18-8-13-30-21(18)15-20(27-22)23(29)25-9-5-12-28-10-3-2-4-11-28/h6-8,13-15H,2-5,9-12H2,1H3,(H,25,29)(H,26,27). The molecule has 0 saturated carbocycles. The molecule has 158 valence electrons. The third-order valence-electron chi connectivity index (χ3n) is 5.50. The Bertz CT molecular complexity index is 1030. The highest BCUT2D eigenvalue weighted by atomic mass is 35.5. The van der Waals surface area contributed by atoms with Crippen LogP contribution in [0.5, 0.6) is 0 Å². The molecule has 0 unspecified atom stereocenters. The summed E-state index contributed by atoms with van der Waals surface area (Å²) in [5.74, 6) is 0.372. The summed E-state index contributed by atoms with van der Waals surface area (Å²) in [6, 6.07) is 9.24. The van der Waals surface area contributed by atoms with Crippen molar-refractivity contribution in [1.29, 1.82) is 0 Å². The van der Waals surface area contributed by atoms with Crippen molar-refractivity contribution in [3.63, 3.8) is 0 Å². The monoisotopic (exact) mass is 426 g/mol. The summed E-state index contributed by atoms with van der Waals surface area (Å²) < 4.78 is 5.54. The Balaban J connectivity index is 1.43. The summed E-state index contributed by atoms with van der Waals surface area (Å²) in [7, 11) is 0. The Morgan fingerprint density at radius 2 is 2.03 bits per heavy atom. The van der Waals surface area contributed by atoms with Gasteiger partial charge in [0.15, 0.2) is 0 Å². The van der Waals surface area contributed by atoms with Crippen molar-refractivity contribution in [1.82, 2.24) is 15.2 Å². The van der Waals surface area contributed by atoms with Crippen molar-refractivity contribution in [2.24, 2.45) is 0 Å². The summed E-state index contributed by atoms with van der Waals surface area (Å²) in [5.41, 5.74) is 2.75. The highest BCUT2D eigenvalue weighted by Gasteiger charge is 2.15. The molecule has 1 aliphatic heterocycles. The molecule has 0 bridgehead atoms. The van der Waals surface area contributed by atoms with Crippen molar-refractivity contribution in [3.05, 3.63) is 52.9 Å². The summed E-state index contributed by atoms with van der Waals surface area (Å²) >= 11 is 6.24. The van der Waals surface area contributed by atoms with Gasteiger partial charge in [-0.2, -0.15) is 0 Å². The first kappa shape index (κ1) is 20.7. The number of hydrogen-bond donors (Lipinski definition) is 2. The lowest BCUT2D eigenvalue weighted by Gasteiger charge is -2.26. The quantitative estimate of drug-likeness (QED) is 0.512. The van der Waals surface area contributed by atoms with Crippen LogP contribution in [0.3, 0.4) is 0 Å². The van der Waals surface area contributed by atoms with Gasteiger partial charge in [0.05, 0.1) is 11.6 Å². The van der Waals surface area contributed by atoms with E-state index in [1.807, 2.05) is 31.2 Å². The molecule has 0 aliphatic carbocycles. The molecule has 2 N–H and O–H groups in total. The van der Waals surface area contributed by atoms with E-state index in [0.717, 1.165) is 29.6 Å². The SMILES string of the molecule is Cc1ccc(Nc2nc(C(=O)NCCCN3CCCCC3)cc3occc23)cc1Cl. The number of carbonyl (C=O) groups is 1. The first-order valence-electron chi connectivity index (χ1n) is 10.5. The molecule has 0 radical (unpaired) electrons. The molecular formula is C23H27ClN4O2. The lowest BCUT2D eigenvalue weighted by atomic mass is 10.1. The van der Waals surface area contributed by atoms with Crippen LogP contribution in [-0.4, -0.2) is 42.0 Å². The van der Waals surface area contributed by atoms with Gasteiger partial charge in [-0.15, -0.1) is 0 Å². The minimum absolute atomic E-state index is 0.197. The average molecular weight is 427 g/mol. The molecule has 1 amide bonds. The van der Waals surface area contributed by atoms with Crippen LogP contribution >= 0.6 is 11.6 Å². The molecule has 0 atom stereocenters. The predicted molar refractivity (Wildman–Crippen MR) is 121 cm³/mol. The van der Waals surface area contributed by atoms with E-state index in [2.05, 4.69) is 20.5 Å². The van der Waals surface area contributed by atoms with Gasteiger partial charge in [0.25, 0.3) is 5.91 Å². The first-order chi connectivity index (χ1) is 14.6. The normalized spacial score (nSPS) is 14.7. The molecule has 2 aromatic heterocycles.